The highest BCUT2D eigenvalue weighted by molar-refractivity contribution is 5.90. The molecule has 0 aliphatic rings. The summed E-state index contributed by atoms with van der Waals surface area (Å²) < 4.78 is 0. The first-order valence-corrected chi connectivity index (χ1v) is 6.36. The molecule has 0 amide bonds. The molecule has 0 saturated heterocycles. The van der Waals surface area contributed by atoms with Crippen LogP contribution in [-0.2, 0) is 6.42 Å². The molecule has 0 unspecified atom stereocenters. The zero-order valence-electron chi connectivity index (χ0n) is 10.8. The van der Waals surface area contributed by atoms with Gasteiger partial charge in [0.05, 0.1) is 11.6 Å². The van der Waals surface area contributed by atoms with Gasteiger partial charge in [0.2, 0.25) is 0 Å². The first kappa shape index (κ1) is 12.2. The van der Waals surface area contributed by atoms with Crippen LogP contribution in [0.25, 0.3) is 10.8 Å². The lowest BCUT2D eigenvalue weighted by molar-refractivity contribution is 1.13. The van der Waals surface area contributed by atoms with Crippen molar-refractivity contribution < 1.29 is 0 Å². The molecule has 0 fully saturated rings. The van der Waals surface area contributed by atoms with Gasteiger partial charge in [-0.15, -0.1) is 0 Å². The zero-order valence-corrected chi connectivity index (χ0v) is 10.8. The SMILES string of the molecule is N#Cc1ccc(Cc2c[nH]ccc2=O)c2ccccc12. The summed E-state index contributed by atoms with van der Waals surface area (Å²) in [5.41, 5.74) is 2.46. The van der Waals surface area contributed by atoms with Crippen LogP contribution in [0.4, 0.5) is 0 Å². The summed E-state index contributed by atoms with van der Waals surface area (Å²) in [7, 11) is 0. The Hall–Kier alpha value is -2.86. The van der Waals surface area contributed by atoms with Crippen LogP contribution in [0.3, 0.4) is 0 Å². The van der Waals surface area contributed by atoms with Crippen LogP contribution >= 0.6 is 0 Å². The number of aromatic nitrogens is 1. The summed E-state index contributed by atoms with van der Waals surface area (Å²) in [6, 6.07) is 15.3. The molecule has 96 valence electrons. The van der Waals surface area contributed by atoms with E-state index in [-0.39, 0.29) is 5.43 Å². The number of pyridine rings is 1. The Bertz CT molecular complexity index is 872. The molecule has 20 heavy (non-hydrogen) atoms. The van der Waals surface area contributed by atoms with Gasteiger partial charge >= 0.3 is 0 Å². The van der Waals surface area contributed by atoms with Crippen molar-refractivity contribution in [3.8, 4) is 6.07 Å². The predicted octanol–water partition coefficient (Wildman–Crippen LogP) is 2.99. The second kappa shape index (κ2) is 5.02. The van der Waals surface area contributed by atoms with E-state index in [1.165, 1.54) is 6.07 Å². The van der Waals surface area contributed by atoms with Gasteiger partial charge in [-0.25, -0.2) is 0 Å². The summed E-state index contributed by atoms with van der Waals surface area (Å²) >= 11 is 0. The maximum Gasteiger partial charge on any atom is 0.185 e. The van der Waals surface area contributed by atoms with Crippen molar-refractivity contribution in [1.82, 2.24) is 4.98 Å². The Labute approximate surface area is 116 Å². The number of hydrogen-bond donors (Lipinski definition) is 1. The van der Waals surface area contributed by atoms with Gasteiger partial charge in [0.1, 0.15) is 0 Å². The van der Waals surface area contributed by atoms with Crippen LogP contribution in [0.1, 0.15) is 16.7 Å². The Morgan fingerprint density at radius 2 is 1.80 bits per heavy atom. The molecule has 0 aliphatic carbocycles. The van der Waals surface area contributed by atoms with Gasteiger partial charge in [0.25, 0.3) is 0 Å². The minimum absolute atomic E-state index is 0.0252. The highest BCUT2D eigenvalue weighted by Gasteiger charge is 2.07. The van der Waals surface area contributed by atoms with E-state index in [4.69, 9.17) is 5.26 Å². The van der Waals surface area contributed by atoms with Crippen LogP contribution < -0.4 is 5.43 Å². The lowest BCUT2D eigenvalue weighted by Gasteiger charge is -2.07. The van der Waals surface area contributed by atoms with Crippen molar-refractivity contribution in [3.63, 3.8) is 0 Å². The van der Waals surface area contributed by atoms with Crippen molar-refractivity contribution >= 4 is 10.8 Å². The second-order valence-corrected chi connectivity index (χ2v) is 4.64. The van der Waals surface area contributed by atoms with E-state index in [9.17, 15) is 4.79 Å². The lowest BCUT2D eigenvalue weighted by Crippen LogP contribution is -2.08. The summed E-state index contributed by atoms with van der Waals surface area (Å²) in [5, 5.41) is 11.1. The zero-order chi connectivity index (χ0) is 13.9. The second-order valence-electron chi connectivity index (χ2n) is 4.64. The predicted molar refractivity (Wildman–Crippen MR) is 78.5 cm³/mol. The third-order valence-electron chi connectivity index (χ3n) is 3.42. The van der Waals surface area contributed by atoms with Crippen molar-refractivity contribution in [2.24, 2.45) is 0 Å². The number of hydrogen-bond acceptors (Lipinski definition) is 2. The van der Waals surface area contributed by atoms with Gasteiger partial charge in [0.15, 0.2) is 5.43 Å². The van der Waals surface area contributed by atoms with Crippen molar-refractivity contribution in [1.29, 1.82) is 5.26 Å². The molecule has 3 rings (SSSR count). The van der Waals surface area contributed by atoms with Gasteiger partial charge in [-0.05, 0) is 22.4 Å². The lowest BCUT2D eigenvalue weighted by atomic mass is 9.96. The molecule has 3 nitrogen and oxygen atoms in total. The fraction of sp³-hybridized carbons (Fsp3) is 0.0588. The maximum absolute atomic E-state index is 11.8. The van der Waals surface area contributed by atoms with Crippen LogP contribution in [0.15, 0.2) is 59.7 Å². The first-order valence-electron chi connectivity index (χ1n) is 6.36. The summed E-state index contributed by atoms with van der Waals surface area (Å²) in [6.07, 6.45) is 3.92. The van der Waals surface area contributed by atoms with Crippen LogP contribution in [0.5, 0.6) is 0 Å². The molecule has 1 heterocycles. The quantitative estimate of drug-likeness (QED) is 0.770. The minimum atomic E-state index is 0.0252. The number of fused-ring (bicyclic) bond motifs is 1. The van der Waals surface area contributed by atoms with E-state index in [0.717, 1.165) is 21.9 Å². The van der Waals surface area contributed by atoms with E-state index in [1.54, 1.807) is 12.4 Å². The molecule has 3 heteroatoms. The Morgan fingerprint density at radius 1 is 1.00 bits per heavy atom. The Balaban J connectivity index is 2.17. The third-order valence-corrected chi connectivity index (χ3v) is 3.42. The molecule has 1 N–H and O–H groups in total. The largest absolute Gasteiger partial charge is 0.367 e. The van der Waals surface area contributed by atoms with Crippen molar-refractivity contribution in [2.75, 3.05) is 0 Å². The topological polar surface area (TPSA) is 56.6 Å². The number of nitrogens with one attached hydrogen (secondary N) is 1. The van der Waals surface area contributed by atoms with E-state index in [0.29, 0.717) is 12.0 Å². The van der Waals surface area contributed by atoms with Gasteiger partial charge < -0.3 is 4.98 Å². The van der Waals surface area contributed by atoms with Gasteiger partial charge in [-0.2, -0.15) is 5.26 Å². The van der Waals surface area contributed by atoms with Gasteiger partial charge in [0, 0.05) is 30.4 Å². The number of aromatic amines is 1. The summed E-state index contributed by atoms with van der Waals surface area (Å²) in [6.45, 7) is 0. The third kappa shape index (κ3) is 2.08. The highest BCUT2D eigenvalue weighted by Crippen LogP contribution is 2.23. The average Bonchev–Trinajstić information content (AvgIpc) is 2.50. The van der Waals surface area contributed by atoms with Crippen molar-refractivity contribution in [3.05, 3.63) is 81.8 Å². The number of nitriles is 1. The number of H-pyrrole nitrogens is 1. The summed E-state index contributed by atoms with van der Waals surface area (Å²) in [5.74, 6) is 0. The number of rotatable bonds is 2. The molecular formula is C17H12N2O. The fourth-order valence-electron chi connectivity index (χ4n) is 2.41. The Kier molecular flexibility index (Phi) is 3.06. The molecule has 0 bridgehead atoms. The van der Waals surface area contributed by atoms with Crippen molar-refractivity contribution in [2.45, 2.75) is 6.42 Å². The van der Waals surface area contributed by atoms with Crippen LogP contribution in [0, 0.1) is 11.3 Å². The average molecular weight is 260 g/mol. The van der Waals surface area contributed by atoms with Gasteiger partial charge in [-0.1, -0.05) is 30.3 Å². The molecule has 0 aliphatic heterocycles. The van der Waals surface area contributed by atoms with E-state index in [1.807, 2.05) is 36.4 Å². The molecule has 0 saturated carbocycles. The van der Waals surface area contributed by atoms with E-state index < -0.39 is 0 Å². The van der Waals surface area contributed by atoms with Crippen LogP contribution in [-0.4, -0.2) is 4.98 Å². The molecule has 0 radical (unpaired) electrons. The van der Waals surface area contributed by atoms with E-state index >= 15 is 0 Å². The number of benzene rings is 2. The molecule has 0 spiro atoms. The van der Waals surface area contributed by atoms with Gasteiger partial charge in [-0.3, -0.25) is 4.79 Å². The summed E-state index contributed by atoms with van der Waals surface area (Å²) in [4.78, 5) is 14.8. The molecule has 1 aromatic heterocycles. The monoisotopic (exact) mass is 260 g/mol. The Morgan fingerprint density at radius 3 is 2.55 bits per heavy atom. The smallest absolute Gasteiger partial charge is 0.185 e. The molecule has 2 aromatic carbocycles. The number of nitrogens with zero attached hydrogens (tertiary/aromatic N) is 1. The minimum Gasteiger partial charge on any atom is -0.367 e. The van der Waals surface area contributed by atoms with E-state index in [2.05, 4.69) is 11.1 Å². The normalized spacial score (nSPS) is 10.3. The van der Waals surface area contributed by atoms with Crippen LogP contribution in [0.2, 0.25) is 0 Å². The highest BCUT2D eigenvalue weighted by atomic mass is 16.1. The molecule has 0 atom stereocenters. The first-order chi connectivity index (χ1) is 9.79. The maximum atomic E-state index is 11.8. The molecular weight excluding hydrogens is 248 g/mol. The molecule has 3 aromatic rings. The fourth-order valence-corrected chi connectivity index (χ4v) is 2.41. The standard InChI is InChI=1S/C17H12N2O/c18-10-13-6-5-12(15-3-1-2-4-16(13)15)9-14-11-19-8-7-17(14)20/h1-8,11H,9H2,(H,19,20).